The maximum absolute atomic E-state index is 12.8. The van der Waals surface area contributed by atoms with Crippen LogP contribution in [0, 0.1) is 5.82 Å². The lowest BCUT2D eigenvalue weighted by Crippen LogP contribution is -2.41. The predicted molar refractivity (Wildman–Crippen MR) is 82.4 cm³/mol. The van der Waals surface area contributed by atoms with Gasteiger partial charge >= 0.3 is 0 Å². The molecule has 3 nitrogen and oxygen atoms in total. The average Bonchev–Trinajstić information content (AvgIpc) is 2.52. The number of halogens is 1. The summed E-state index contributed by atoms with van der Waals surface area (Å²) in [5.41, 5.74) is 0.925. The molecule has 1 atom stereocenters. The molecule has 1 aliphatic heterocycles. The molecular weight excluding hydrogens is 267 g/mol. The topological polar surface area (TPSA) is 32.3 Å². The van der Waals surface area contributed by atoms with Gasteiger partial charge in [-0.1, -0.05) is 25.5 Å². The molecule has 116 valence electrons. The summed E-state index contributed by atoms with van der Waals surface area (Å²) in [6.07, 6.45) is 5.52. The molecule has 0 radical (unpaired) electrons. The minimum absolute atomic E-state index is 0.0692. The van der Waals surface area contributed by atoms with Crippen molar-refractivity contribution in [1.29, 1.82) is 0 Å². The number of amides is 1. The number of piperidine rings is 1. The number of hydrogen-bond donors (Lipinski definition) is 1. The lowest BCUT2D eigenvalue weighted by molar-refractivity contribution is -0.121. The van der Waals surface area contributed by atoms with Crippen molar-refractivity contribution in [3.8, 4) is 0 Å². The average molecular weight is 292 g/mol. The first kappa shape index (κ1) is 16.0. The van der Waals surface area contributed by atoms with Crippen molar-refractivity contribution < 1.29 is 9.18 Å². The van der Waals surface area contributed by atoms with Crippen LogP contribution < -0.4 is 5.32 Å². The number of benzene rings is 1. The summed E-state index contributed by atoms with van der Waals surface area (Å²) in [6, 6.07) is 6.88. The number of carbonyl (C=O) groups excluding carboxylic acids is 1. The van der Waals surface area contributed by atoms with E-state index in [1.165, 1.54) is 31.4 Å². The van der Waals surface area contributed by atoms with Crippen LogP contribution in [-0.4, -0.2) is 29.9 Å². The van der Waals surface area contributed by atoms with Crippen LogP contribution in [0.2, 0.25) is 0 Å². The number of nitrogens with zero attached hydrogens (tertiary/aromatic N) is 1. The molecule has 0 saturated carbocycles. The van der Waals surface area contributed by atoms with Crippen molar-refractivity contribution in [3.63, 3.8) is 0 Å². The van der Waals surface area contributed by atoms with Crippen LogP contribution in [-0.2, 0) is 11.3 Å². The molecule has 2 rings (SSSR count). The molecular formula is C17H25FN2O. The predicted octanol–water partition coefficient (Wildman–Crippen LogP) is 3.10. The lowest BCUT2D eigenvalue weighted by atomic mass is 10.00. The van der Waals surface area contributed by atoms with Crippen molar-refractivity contribution in [2.45, 2.75) is 51.6 Å². The normalized spacial score (nSPS) is 19.4. The first-order valence-corrected chi connectivity index (χ1v) is 7.94. The molecule has 1 unspecified atom stereocenters. The fourth-order valence-electron chi connectivity index (χ4n) is 2.95. The fourth-order valence-corrected chi connectivity index (χ4v) is 2.95. The van der Waals surface area contributed by atoms with Gasteiger partial charge in [-0.25, -0.2) is 4.39 Å². The summed E-state index contributed by atoms with van der Waals surface area (Å²) in [7, 11) is 0. The zero-order valence-electron chi connectivity index (χ0n) is 12.8. The van der Waals surface area contributed by atoms with Crippen LogP contribution >= 0.6 is 0 Å². The Kier molecular flexibility index (Phi) is 6.18. The van der Waals surface area contributed by atoms with E-state index in [-0.39, 0.29) is 11.7 Å². The van der Waals surface area contributed by atoms with Gasteiger partial charge in [0.25, 0.3) is 0 Å². The molecule has 0 bridgehead atoms. The van der Waals surface area contributed by atoms with Gasteiger partial charge in [0.2, 0.25) is 5.91 Å². The Morgan fingerprint density at radius 2 is 2.10 bits per heavy atom. The molecule has 0 spiro atoms. The Morgan fingerprint density at radius 1 is 1.33 bits per heavy atom. The van der Waals surface area contributed by atoms with Gasteiger partial charge in [-0.15, -0.1) is 0 Å². The molecule has 1 fully saturated rings. The van der Waals surface area contributed by atoms with Crippen LogP contribution in [0.1, 0.15) is 44.6 Å². The van der Waals surface area contributed by atoms with Crippen molar-refractivity contribution >= 4 is 5.91 Å². The summed E-state index contributed by atoms with van der Waals surface area (Å²) in [5.74, 6) is -0.180. The molecule has 0 aromatic heterocycles. The zero-order valence-corrected chi connectivity index (χ0v) is 12.8. The standard InChI is InChI=1S/C17H25FN2O/c1-2-16-5-3-4-11-20(16)12-10-17(21)19-13-14-6-8-15(18)9-7-14/h6-9,16H,2-5,10-13H2,1H3,(H,19,21). The highest BCUT2D eigenvalue weighted by atomic mass is 19.1. The molecule has 1 amide bonds. The van der Waals surface area contributed by atoms with E-state index in [2.05, 4.69) is 17.1 Å². The van der Waals surface area contributed by atoms with Crippen LogP contribution in [0.5, 0.6) is 0 Å². The number of likely N-dealkylation sites (tertiary alicyclic amines) is 1. The van der Waals surface area contributed by atoms with E-state index < -0.39 is 0 Å². The Hall–Kier alpha value is -1.42. The van der Waals surface area contributed by atoms with Crippen molar-refractivity contribution in [2.75, 3.05) is 13.1 Å². The highest BCUT2D eigenvalue weighted by molar-refractivity contribution is 5.76. The zero-order chi connectivity index (χ0) is 15.1. The smallest absolute Gasteiger partial charge is 0.221 e. The molecule has 1 aromatic rings. The van der Waals surface area contributed by atoms with E-state index in [1.54, 1.807) is 12.1 Å². The third-order valence-electron chi connectivity index (χ3n) is 4.25. The second-order valence-corrected chi connectivity index (χ2v) is 5.75. The first-order valence-electron chi connectivity index (χ1n) is 7.94. The molecule has 1 aliphatic rings. The van der Waals surface area contributed by atoms with Gasteiger partial charge in [-0.05, 0) is 43.5 Å². The fraction of sp³-hybridized carbons (Fsp3) is 0.588. The van der Waals surface area contributed by atoms with Crippen LogP contribution in [0.3, 0.4) is 0 Å². The maximum Gasteiger partial charge on any atom is 0.221 e. The van der Waals surface area contributed by atoms with Crippen LogP contribution in [0.25, 0.3) is 0 Å². The molecule has 0 aliphatic carbocycles. The van der Waals surface area contributed by atoms with Gasteiger partial charge in [-0.3, -0.25) is 9.69 Å². The Morgan fingerprint density at radius 3 is 2.81 bits per heavy atom. The molecule has 1 saturated heterocycles. The molecule has 1 aromatic carbocycles. The van der Waals surface area contributed by atoms with Crippen molar-refractivity contribution in [1.82, 2.24) is 10.2 Å². The monoisotopic (exact) mass is 292 g/mol. The summed E-state index contributed by atoms with van der Waals surface area (Å²) in [4.78, 5) is 14.4. The van der Waals surface area contributed by atoms with Crippen molar-refractivity contribution in [3.05, 3.63) is 35.6 Å². The highest BCUT2D eigenvalue weighted by Gasteiger charge is 2.20. The summed E-state index contributed by atoms with van der Waals surface area (Å²) in [5, 5.41) is 2.90. The number of carbonyl (C=O) groups is 1. The maximum atomic E-state index is 12.8. The number of hydrogen-bond acceptors (Lipinski definition) is 2. The van der Waals surface area contributed by atoms with Gasteiger partial charge in [-0.2, -0.15) is 0 Å². The van der Waals surface area contributed by atoms with Crippen LogP contribution in [0.4, 0.5) is 4.39 Å². The Bertz CT molecular complexity index is 447. The van der Waals surface area contributed by atoms with E-state index in [0.29, 0.717) is 19.0 Å². The molecule has 4 heteroatoms. The summed E-state index contributed by atoms with van der Waals surface area (Å²) >= 11 is 0. The summed E-state index contributed by atoms with van der Waals surface area (Å²) in [6.45, 7) is 4.64. The minimum Gasteiger partial charge on any atom is -0.352 e. The molecule has 1 N–H and O–H groups in total. The van der Waals surface area contributed by atoms with Gasteiger partial charge in [0.1, 0.15) is 5.82 Å². The van der Waals surface area contributed by atoms with E-state index >= 15 is 0 Å². The van der Waals surface area contributed by atoms with Gasteiger partial charge < -0.3 is 5.32 Å². The van der Waals surface area contributed by atoms with Crippen molar-refractivity contribution in [2.24, 2.45) is 0 Å². The van der Waals surface area contributed by atoms with E-state index in [0.717, 1.165) is 25.1 Å². The first-order chi connectivity index (χ1) is 10.2. The second-order valence-electron chi connectivity index (χ2n) is 5.75. The Labute approximate surface area is 126 Å². The number of nitrogens with one attached hydrogen (secondary N) is 1. The van der Waals surface area contributed by atoms with Crippen LogP contribution in [0.15, 0.2) is 24.3 Å². The van der Waals surface area contributed by atoms with Gasteiger partial charge in [0, 0.05) is 25.6 Å². The molecule has 21 heavy (non-hydrogen) atoms. The van der Waals surface area contributed by atoms with E-state index in [9.17, 15) is 9.18 Å². The number of rotatable bonds is 6. The quantitative estimate of drug-likeness (QED) is 0.874. The van der Waals surface area contributed by atoms with Gasteiger partial charge in [0.05, 0.1) is 0 Å². The second kappa shape index (κ2) is 8.13. The van der Waals surface area contributed by atoms with Gasteiger partial charge in [0.15, 0.2) is 0 Å². The summed E-state index contributed by atoms with van der Waals surface area (Å²) < 4.78 is 12.8. The minimum atomic E-state index is -0.249. The largest absolute Gasteiger partial charge is 0.352 e. The van der Waals surface area contributed by atoms with E-state index in [4.69, 9.17) is 0 Å². The SMILES string of the molecule is CCC1CCCCN1CCC(=O)NCc1ccc(F)cc1. The van der Waals surface area contributed by atoms with E-state index in [1.807, 2.05) is 0 Å². The highest BCUT2D eigenvalue weighted by Crippen LogP contribution is 2.19. The lowest BCUT2D eigenvalue weighted by Gasteiger charge is -2.35. The Balaban J connectivity index is 1.70. The third kappa shape index (κ3) is 5.12. The molecule has 1 heterocycles. The third-order valence-corrected chi connectivity index (χ3v) is 4.25.